The summed E-state index contributed by atoms with van der Waals surface area (Å²) in [5.74, 6) is -0.0223. The van der Waals surface area contributed by atoms with Gasteiger partial charge in [0.15, 0.2) is 5.70 Å². The summed E-state index contributed by atoms with van der Waals surface area (Å²) in [6, 6.07) is 11.1. The second-order valence-corrected chi connectivity index (χ2v) is 5.53. The van der Waals surface area contributed by atoms with Crippen molar-refractivity contribution < 1.29 is 18.7 Å². The molecule has 0 saturated carbocycles. The van der Waals surface area contributed by atoms with E-state index in [0.29, 0.717) is 22.8 Å². The molecule has 0 bridgehead atoms. The number of hydrogen-bond acceptors (Lipinski definition) is 4. The van der Waals surface area contributed by atoms with Crippen molar-refractivity contribution >= 4 is 29.5 Å². The summed E-state index contributed by atoms with van der Waals surface area (Å²) in [4.78, 5) is 16.1. The Labute approximate surface area is 143 Å². The molecule has 0 aromatic heterocycles. The zero-order valence-electron chi connectivity index (χ0n) is 12.8. The predicted octanol–water partition coefficient (Wildman–Crippen LogP) is 4.03. The first-order valence-electron chi connectivity index (χ1n) is 7.14. The third-order valence-corrected chi connectivity index (χ3v) is 3.71. The zero-order chi connectivity index (χ0) is 17.1. The van der Waals surface area contributed by atoms with E-state index in [1.807, 2.05) is 0 Å². The topological polar surface area (TPSA) is 47.9 Å². The van der Waals surface area contributed by atoms with Crippen LogP contribution in [-0.2, 0) is 16.0 Å². The van der Waals surface area contributed by atoms with Gasteiger partial charge >= 0.3 is 5.97 Å². The Morgan fingerprint density at radius 2 is 2.00 bits per heavy atom. The number of cyclic esters (lactones) is 1. The van der Waals surface area contributed by atoms with Gasteiger partial charge in [0.2, 0.25) is 5.90 Å². The van der Waals surface area contributed by atoms with Crippen LogP contribution in [0.4, 0.5) is 4.39 Å². The van der Waals surface area contributed by atoms with Gasteiger partial charge in [0, 0.05) is 6.42 Å². The number of methoxy groups -OCH3 is 1. The van der Waals surface area contributed by atoms with Gasteiger partial charge in [0.25, 0.3) is 0 Å². The lowest BCUT2D eigenvalue weighted by Crippen LogP contribution is -2.06. The highest BCUT2D eigenvalue weighted by Gasteiger charge is 2.23. The van der Waals surface area contributed by atoms with E-state index < -0.39 is 5.97 Å². The number of carbonyl (C=O) groups is 1. The van der Waals surface area contributed by atoms with E-state index in [9.17, 15) is 9.18 Å². The van der Waals surface area contributed by atoms with Crippen LogP contribution >= 0.6 is 11.6 Å². The first kappa shape index (κ1) is 16.2. The zero-order valence-corrected chi connectivity index (χ0v) is 13.5. The summed E-state index contributed by atoms with van der Waals surface area (Å²) in [5, 5.41) is 0.439. The average Bonchev–Trinajstić information content (AvgIpc) is 2.89. The molecule has 2 aromatic carbocycles. The van der Waals surface area contributed by atoms with Crippen molar-refractivity contribution in [1.82, 2.24) is 0 Å². The van der Waals surface area contributed by atoms with Gasteiger partial charge in [-0.15, -0.1) is 0 Å². The van der Waals surface area contributed by atoms with Crippen LogP contribution in [0, 0.1) is 5.82 Å². The summed E-state index contributed by atoms with van der Waals surface area (Å²) in [7, 11) is 1.53. The highest BCUT2D eigenvalue weighted by atomic mass is 35.5. The Morgan fingerprint density at radius 3 is 2.67 bits per heavy atom. The second-order valence-electron chi connectivity index (χ2n) is 5.12. The van der Waals surface area contributed by atoms with Gasteiger partial charge in [0.05, 0.1) is 12.1 Å². The van der Waals surface area contributed by atoms with Gasteiger partial charge in [-0.2, -0.15) is 0 Å². The molecule has 0 N–H and O–H groups in total. The van der Waals surface area contributed by atoms with Gasteiger partial charge < -0.3 is 9.47 Å². The van der Waals surface area contributed by atoms with Crippen molar-refractivity contribution in [2.45, 2.75) is 6.42 Å². The quantitative estimate of drug-likeness (QED) is 0.621. The largest absolute Gasteiger partial charge is 0.495 e. The Kier molecular flexibility index (Phi) is 4.62. The van der Waals surface area contributed by atoms with E-state index in [1.54, 1.807) is 36.4 Å². The third-order valence-electron chi connectivity index (χ3n) is 3.41. The highest BCUT2D eigenvalue weighted by Crippen LogP contribution is 2.27. The van der Waals surface area contributed by atoms with Crippen LogP contribution in [0.2, 0.25) is 5.02 Å². The fourth-order valence-electron chi connectivity index (χ4n) is 2.24. The first-order valence-corrected chi connectivity index (χ1v) is 7.52. The average molecular weight is 346 g/mol. The molecular formula is C18H13ClFNO3. The number of ether oxygens (including phenoxy) is 2. The molecule has 1 aliphatic heterocycles. The summed E-state index contributed by atoms with van der Waals surface area (Å²) in [5.41, 5.74) is 1.70. The van der Waals surface area contributed by atoms with Crippen LogP contribution in [-0.4, -0.2) is 19.0 Å². The minimum Gasteiger partial charge on any atom is -0.495 e. The Balaban J connectivity index is 1.80. The molecule has 1 aliphatic rings. The predicted molar refractivity (Wildman–Crippen MR) is 89.6 cm³/mol. The molecule has 0 aliphatic carbocycles. The molecule has 0 amide bonds. The smallest absolute Gasteiger partial charge is 0.363 e. The minimum absolute atomic E-state index is 0.188. The highest BCUT2D eigenvalue weighted by molar-refractivity contribution is 6.32. The molecule has 24 heavy (non-hydrogen) atoms. The number of nitrogens with zero attached hydrogens (tertiary/aromatic N) is 1. The molecular weight excluding hydrogens is 333 g/mol. The second kappa shape index (κ2) is 6.84. The van der Waals surface area contributed by atoms with Crippen molar-refractivity contribution in [2.75, 3.05) is 7.11 Å². The van der Waals surface area contributed by atoms with Crippen LogP contribution in [0.1, 0.15) is 11.1 Å². The number of carbonyl (C=O) groups excluding carboxylic acids is 1. The van der Waals surface area contributed by atoms with Gasteiger partial charge in [-0.05, 0) is 41.5 Å². The summed E-state index contributed by atoms with van der Waals surface area (Å²) in [6.45, 7) is 0. The first-order chi connectivity index (χ1) is 11.5. The molecule has 122 valence electrons. The summed E-state index contributed by atoms with van der Waals surface area (Å²) < 4.78 is 23.1. The molecule has 0 fully saturated rings. The van der Waals surface area contributed by atoms with E-state index in [0.717, 1.165) is 5.56 Å². The Morgan fingerprint density at radius 1 is 1.25 bits per heavy atom. The van der Waals surface area contributed by atoms with Gasteiger partial charge in [0.1, 0.15) is 11.6 Å². The maximum absolute atomic E-state index is 12.9. The van der Waals surface area contributed by atoms with Crippen LogP contribution in [0.3, 0.4) is 0 Å². The lowest BCUT2D eigenvalue weighted by molar-refractivity contribution is -0.130. The lowest BCUT2D eigenvalue weighted by Gasteiger charge is -2.03. The number of aliphatic imine (C=N–C) groups is 1. The van der Waals surface area contributed by atoms with Crippen molar-refractivity contribution in [3.05, 3.63) is 70.1 Å². The van der Waals surface area contributed by atoms with Crippen molar-refractivity contribution in [3.8, 4) is 5.75 Å². The van der Waals surface area contributed by atoms with Gasteiger partial charge in [-0.25, -0.2) is 14.2 Å². The van der Waals surface area contributed by atoms with Gasteiger partial charge in [-0.3, -0.25) is 0 Å². The van der Waals surface area contributed by atoms with Crippen LogP contribution in [0.15, 0.2) is 53.2 Å². The molecule has 0 unspecified atom stereocenters. The monoisotopic (exact) mass is 345 g/mol. The standard InChI is InChI=1S/C18H13ClFNO3/c1-23-16-7-4-12(8-14(16)19)9-15-18(22)24-17(21-15)10-11-2-5-13(20)6-3-11/h2-9H,10H2,1H3/b15-9+. The molecule has 2 aromatic rings. The van der Waals surface area contributed by atoms with E-state index in [1.165, 1.54) is 19.2 Å². The molecule has 6 heteroatoms. The minimum atomic E-state index is -0.529. The SMILES string of the molecule is COc1ccc(/C=C2/N=C(Cc3ccc(F)cc3)OC2=O)cc1Cl. The molecule has 0 spiro atoms. The third kappa shape index (κ3) is 3.63. The molecule has 0 radical (unpaired) electrons. The van der Waals surface area contributed by atoms with E-state index >= 15 is 0 Å². The molecule has 1 heterocycles. The van der Waals surface area contributed by atoms with Crippen molar-refractivity contribution in [2.24, 2.45) is 4.99 Å². The Hall–Kier alpha value is -2.66. The van der Waals surface area contributed by atoms with Crippen LogP contribution in [0.25, 0.3) is 6.08 Å². The van der Waals surface area contributed by atoms with Crippen LogP contribution < -0.4 is 4.74 Å². The van der Waals surface area contributed by atoms with E-state index in [2.05, 4.69) is 4.99 Å². The maximum Gasteiger partial charge on any atom is 0.363 e. The number of benzene rings is 2. The fourth-order valence-corrected chi connectivity index (χ4v) is 2.50. The molecule has 4 nitrogen and oxygen atoms in total. The van der Waals surface area contributed by atoms with Gasteiger partial charge in [-0.1, -0.05) is 29.8 Å². The molecule has 0 saturated heterocycles. The maximum atomic E-state index is 12.9. The Bertz CT molecular complexity index is 844. The number of rotatable bonds is 4. The summed E-state index contributed by atoms with van der Waals surface area (Å²) >= 11 is 6.06. The normalized spacial score (nSPS) is 15.4. The lowest BCUT2D eigenvalue weighted by atomic mass is 10.1. The number of halogens is 2. The summed E-state index contributed by atoms with van der Waals surface area (Å²) in [6.07, 6.45) is 1.90. The molecule has 0 atom stereocenters. The van der Waals surface area contributed by atoms with E-state index in [-0.39, 0.29) is 17.4 Å². The van der Waals surface area contributed by atoms with Crippen LogP contribution in [0.5, 0.6) is 5.75 Å². The number of esters is 1. The molecule has 3 rings (SSSR count). The fraction of sp³-hybridized carbons (Fsp3) is 0.111. The van der Waals surface area contributed by atoms with E-state index in [4.69, 9.17) is 21.1 Å². The van der Waals surface area contributed by atoms with Crippen molar-refractivity contribution in [1.29, 1.82) is 0 Å². The number of hydrogen-bond donors (Lipinski definition) is 0. The van der Waals surface area contributed by atoms with Crippen molar-refractivity contribution in [3.63, 3.8) is 0 Å².